The Morgan fingerprint density at radius 2 is 1.74 bits per heavy atom. The first-order chi connectivity index (χ1) is 9.04. The molecule has 1 rings (SSSR count). The van der Waals surface area contributed by atoms with Crippen LogP contribution in [-0.2, 0) is 0 Å². The lowest BCUT2D eigenvalue weighted by molar-refractivity contribution is -0.384. The summed E-state index contributed by atoms with van der Waals surface area (Å²) >= 11 is 0. The van der Waals surface area contributed by atoms with E-state index in [9.17, 15) is 10.1 Å². The molecule has 0 fully saturated rings. The minimum absolute atomic E-state index is 0.136. The third-order valence-corrected chi connectivity index (χ3v) is 3.21. The normalized spacial score (nSPS) is 10.7. The van der Waals surface area contributed by atoms with Gasteiger partial charge in [-0.2, -0.15) is 0 Å². The molecule has 106 valence electrons. The van der Waals surface area contributed by atoms with Crippen molar-refractivity contribution in [1.29, 1.82) is 0 Å². The van der Waals surface area contributed by atoms with E-state index in [1.54, 1.807) is 24.3 Å². The summed E-state index contributed by atoms with van der Waals surface area (Å²) in [4.78, 5) is 14.6. The quantitative estimate of drug-likeness (QED) is 0.535. The number of nitrogens with zero attached hydrogens (tertiary/aromatic N) is 3. The summed E-state index contributed by atoms with van der Waals surface area (Å²) in [5.74, 6) is 0. The first kappa shape index (κ1) is 15.4. The predicted octanol–water partition coefficient (Wildman–Crippen LogP) is 2.76. The summed E-state index contributed by atoms with van der Waals surface area (Å²) in [6.07, 6.45) is 2.43. The number of nitro groups is 1. The maximum absolute atomic E-state index is 10.6. The average Bonchev–Trinajstić information content (AvgIpc) is 2.42. The summed E-state index contributed by atoms with van der Waals surface area (Å²) < 4.78 is 0. The van der Waals surface area contributed by atoms with Crippen LogP contribution in [0.5, 0.6) is 0 Å². The summed E-state index contributed by atoms with van der Waals surface area (Å²) in [5.41, 5.74) is 1.15. The minimum Gasteiger partial charge on any atom is -0.373 e. The highest BCUT2D eigenvalue weighted by Gasteiger charge is 2.07. The Balaban J connectivity index is 2.44. The van der Waals surface area contributed by atoms with Crippen molar-refractivity contribution in [3.8, 4) is 0 Å². The number of likely N-dealkylation sites (N-methyl/N-ethyl adjacent to an activating group) is 2. The van der Waals surface area contributed by atoms with Gasteiger partial charge in [0.1, 0.15) is 0 Å². The van der Waals surface area contributed by atoms with Crippen molar-refractivity contribution in [2.75, 3.05) is 38.6 Å². The van der Waals surface area contributed by atoms with Crippen LogP contribution in [0.4, 0.5) is 11.4 Å². The molecule has 0 amide bonds. The van der Waals surface area contributed by atoms with Gasteiger partial charge in [0.25, 0.3) is 5.69 Å². The van der Waals surface area contributed by atoms with E-state index >= 15 is 0 Å². The standard InChI is InChI=1S/C14H23N3O2/c1-4-5-10-15(2)11-12-16(3)13-6-8-14(9-7-13)17(18)19/h6-9H,4-5,10-12H2,1-3H3. The van der Waals surface area contributed by atoms with Crippen molar-refractivity contribution < 1.29 is 4.92 Å². The van der Waals surface area contributed by atoms with Crippen LogP contribution in [-0.4, -0.2) is 43.6 Å². The summed E-state index contributed by atoms with van der Waals surface area (Å²) in [6, 6.07) is 6.69. The van der Waals surface area contributed by atoms with E-state index in [4.69, 9.17) is 0 Å². The zero-order valence-electron chi connectivity index (χ0n) is 12.0. The maximum Gasteiger partial charge on any atom is 0.269 e. The van der Waals surface area contributed by atoms with Gasteiger partial charge in [0.2, 0.25) is 0 Å². The Hall–Kier alpha value is -1.62. The van der Waals surface area contributed by atoms with E-state index in [2.05, 4.69) is 23.8 Å². The molecule has 0 saturated carbocycles. The second kappa shape index (κ2) is 7.74. The van der Waals surface area contributed by atoms with Gasteiger partial charge in [-0.25, -0.2) is 0 Å². The molecule has 5 nitrogen and oxygen atoms in total. The lowest BCUT2D eigenvalue weighted by Crippen LogP contribution is -2.31. The van der Waals surface area contributed by atoms with E-state index in [0.29, 0.717) is 0 Å². The number of hydrogen-bond acceptors (Lipinski definition) is 4. The molecule has 0 N–H and O–H groups in total. The van der Waals surface area contributed by atoms with Crippen LogP contribution < -0.4 is 4.90 Å². The molecule has 1 aromatic rings. The Labute approximate surface area is 115 Å². The average molecular weight is 265 g/mol. The van der Waals surface area contributed by atoms with Gasteiger partial charge >= 0.3 is 0 Å². The van der Waals surface area contributed by atoms with Crippen LogP contribution in [0.2, 0.25) is 0 Å². The zero-order chi connectivity index (χ0) is 14.3. The van der Waals surface area contributed by atoms with E-state index in [1.807, 2.05) is 7.05 Å². The number of anilines is 1. The van der Waals surface area contributed by atoms with Crippen molar-refractivity contribution in [2.24, 2.45) is 0 Å². The second-order valence-electron chi connectivity index (χ2n) is 4.85. The third-order valence-electron chi connectivity index (χ3n) is 3.21. The Morgan fingerprint density at radius 1 is 1.11 bits per heavy atom. The highest BCUT2D eigenvalue weighted by molar-refractivity contribution is 5.50. The van der Waals surface area contributed by atoms with Crippen LogP contribution in [0.15, 0.2) is 24.3 Å². The smallest absolute Gasteiger partial charge is 0.269 e. The first-order valence-electron chi connectivity index (χ1n) is 6.68. The Morgan fingerprint density at radius 3 is 2.26 bits per heavy atom. The molecule has 0 spiro atoms. The number of non-ortho nitro benzene ring substituents is 1. The molecule has 0 radical (unpaired) electrons. The molecule has 0 atom stereocenters. The minimum atomic E-state index is -0.373. The zero-order valence-corrected chi connectivity index (χ0v) is 12.0. The van der Waals surface area contributed by atoms with E-state index in [1.165, 1.54) is 12.8 Å². The van der Waals surface area contributed by atoms with Gasteiger partial charge < -0.3 is 9.80 Å². The molecular weight excluding hydrogens is 242 g/mol. The molecule has 0 aliphatic carbocycles. The van der Waals surface area contributed by atoms with Crippen molar-refractivity contribution in [3.63, 3.8) is 0 Å². The molecule has 0 heterocycles. The molecule has 19 heavy (non-hydrogen) atoms. The van der Waals surface area contributed by atoms with Gasteiger partial charge in [-0.3, -0.25) is 10.1 Å². The van der Waals surface area contributed by atoms with Gasteiger partial charge in [0.15, 0.2) is 0 Å². The van der Waals surface area contributed by atoms with Crippen LogP contribution in [0, 0.1) is 10.1 Å². The molecule has 0 bridgehead atoms. The highest BCUT2D eigenvalue weighted by atomic mass is 16.6. The summed E-state index contributed by atoms with van der Waals surface area (Å²) in [5, 5.41) is 10.6. The number of rotatable bonds is 8. The van der Waals surface area contributed by atoms with E-state index in [0.717, 1.165) is 25.3 Å². The topological polar surface area (TPSA) is 49.6 Å². The SMILES string of the molecule is CCCCN(C)CCN(C)c1ccc([N+](=O)[O-])cc1. The monoisotopic (exact) mass is 265 g/mol. The summed E-state index contributed by atoms with van der Waals surface area (Å²) in [7, 11) is 4.13. The number of benzene rings is 1. The van der Waals surface area contributed by atoms with Gasteiger partial charge in [-0.1, -0.05) is 13.3 Å². The Kier molecular flexibility index (Phi) is 6.29. The van der Waals surface area contributed by atoms with Gasteiger partial charge in [-0.05, 0) is 32.1 Å². The first-order valence-corrected chi connectivity index (χ1v) is 6.68. The van der Waals surface area contributed by atoms with Crippen molar-refractivity contribution in [3.05, 3.63) is 34.4 Å². The van der Waals surface area contributed by atoms with Crippen LogP contribution in [0.3, 0.4) is 0 Å². The molecule has 0 aliphatic heterocycles. The maximum atomic E-state index is 10.6. The van der Waals surface area contributed by atoms with E-state index < -0.39 is 0 Å². The molecule has 0 aliphatic rings. The molecule has 5 heteroatoms. The second-order valence-corrected chi connectivity index (χ2v) is 4.85. The highest BCUT2D eigenvalue weighted by Crippen LogP contribution is 2.18. The van der Waals surface area contributed by atoms with Gasteiger partial charge in [-0.15, -0.1) is 0 Å². The van der Waals surface area contributed by atoms with Crippen molar-refractivity contribution in [2.45, 2.75) is 19.8 Å². The number of hydrogen-bond donors (Lipinski definition) is 0. The molecule has 0 unspecified atom stereocenters. The van der Waals surface area contributed by atoms with Gasteiger partial charge in [0.05, 0.1) is 4.92 Å². The van der Waals surface area contributed by atoms with Crippen LogP contribution in [0.1, 0.15) is 19.8 Å². The number of unbranched alkanes of at least 4 members (excludes halogenated alkanes) is 1. The van der Waals surface area contributed by atoms with Crippen LogP contribution >= 0.6 is 0 Å². The fourth-order valence-corrected chi connectivity index (χ4v) is 1.82. The fourth-order valence-electron chi connectivity index (χ4n) is 1.82. The van der Waals surface area contributed by atoms with Gasteiger partial charge in [0, 0.05) is 38.0 Å². The predicted molar refractivity (Wildman–Crippen MR) is 78.8 cm³/mol. The lowest BCUT2D eigenvalue weighted by atomic mass is 10.2. The summed E-state index contributed by atoms with van der Waals surface area (Å²) in [6.45, 7) is 5.22. The van der Waals surface area contributed by atoms with Crippen molar-refractivity contribution in [1.82, 2.24) is 4.90 Å². The van der Waals surface area contributed by atoms with E-state index in [-0.39, 0.29) is 10.6 Å². The number of nitro benzene ring substituents is 1. The molecule has 0 aromatic heterocycles. The largest absolute Gasteiger partial charge is 0.373 e. The molecular formula is C14H23N3O2. The third kappa shape index (κ3) is 5.26. The fraction of sp³-hybridized carbons (Fsp3) is 0.571. The van der Waals surface area contributed by atoms with Crippen molar-refractivity contribution >= 4 is 11.4 Å². The van der Waals surface area contributed by atoms with Crippen LogP contribution in [0.25, 0.3) is 0 Å². The molecule has 1 aromatic carbocycles. The Bertz CT molecular complexity index is 392. The lowest BCUT2D eigenvalue weighted by Gasteiger charge is -2.23. The molecule has 0 saturated heterocycles.